The molecule has 0 aliphatic carbocycles. The number of nitrogens with zero attached hydrogens (tertiary/aromatic N) is 3. The van der Waals surface area contributed by atoms with Crippen molar-refractivity contribution in [3.63, 3.8) is 0 Å². The minimum absolute atomic E-state index is 0.112. The zero-order valence-corrected chi connectivity index (χ0v) is 34.8. The highest BCUT2D eigenvalue weighted by atomic mass is 32.2. The van der Waals surface area contributed by atoms with Gasteiger partial charge in [-0.05, 0) is 37.7 Å². The number of hydrogen-bond donors (Lipinski definition) is 9. The number of aryl methyl sites for hydroxylation is 1. The Morgan fingerprint density at radius 1 is 0.932 bits per heavy atom. The molecule has 59 heavy (non-hydrogen) atoms. The van der Waals surface area contributed by atoms with Gasteiger partial charge in [-0.15, -0.1) is 11.8 Å². The molecule has 1 aromatic heterocycles. The third kappa shape index (κ3) is 17.1. The van der Waals surface area contributed by atoms with Crippen LogP contribution in [0.2, 0.25) is 0 Å². The number of nitrogens with two attached hydrogens (primary N) is 1. The fourth-order valence-corrected chi connectivity index (χ4v) is 7.48. The van der Waals surface area contributed by atoms with Crippen LogP contribution in [0.25, 0.3) is 0 Å². The lowest BCUT2D eigenvalue weighted by Gasteiger charge is -2.29. The first-order valence-corrected chi connectivity index (χ1v) is 21.5. The minimum Gasteiger partial charge on any atom is -0.394 e. The number of carbonyl (C=O) groups excluding carboxylic acids is 7. The largest absolute Gasteiger partial charge is 0.469 e. The van der Waals surface area contributed by atoms with E-state index in [1.165, 1.54) is 22.3 Å². The molecule has 326 valence electrons. The molecule has 1 aromatic carbocycles. The predicted molar refractivity (Wildman–Crippen MR) is 214 cm³/mol. The summed E-state index contributed by atoms with van der Waals surface area (Å²) in [6, 6.07) is 3.07. The van der Waals surface area contributed by atoms with E-state index in [2.05, 4.69) is 35.8 Å². The molecule has 0 radical (unpaired) electrons. The summed E-state index contributed by atoms with van der Waals surface area (Å²) in [4.78, 5) is 123. The van der Waals surface area contributed by atoms with E-state index < -0.39 is 99.1 Å². The Hall–Kier alpha value is -4.86. The van der Waals surface area contributed by atoms with E-state index in [1.54, 1.807) is 0 Å². The first-order valence-electron chi connectivity index (χ1n) is 18.9. The van der Waals surface area contributed by atoms with Crippen LogP contribution in [0.3, 0.4) is 0 Å². The molecule has 1 fully saturated rings. The normalized spacial score (nSPS) is 21.9. The van der Waals surface area contributed by atoms with Crippen molar-refractivity contribution < 1.29 is 57.5 Å². The Morgan fingerprint density at radius 3 is 2.24 bits per heavy atom. The minimum atomic E-state index is -5.27. The summed E-state index contributed by atoms with van der Waals surface area (Å²) in [5.41, 5.74) is 7.05. The van der Waals surface area contributed by atoms with Crippen LogP contribution >= 0.6 is 19.6 Å². The highest BCUT2D eigenvalue weighted by molar-refractivity contribution is 8.00. The van der Waals surface area contributed by atoms with Gasteiger partial charge < -0.3 is 56.7 Å². The van der Waals surface area contributed by atoms with E-state index >= 15 is 0 Å². The molecule has 0 saturated carbocycles. The number of imidazole rings is 1. The Bertz CT molecular complexity index is 1780. The second-order valence-electron chi connectivity index (χ2n) is 14.3. The smallest absolute Gasteiger partial charge is 0.394 e. The lowest BCUT2D eigenvalue weighted by molar-refractivity contribution is -0.142. The average Bonchev–Trinajstić information content (AvgIpc) is 3.68. The van der Waals surface area contributed by atoms with E-state index in [-0.39, 0.29) is 36.9 Å². The number of benzene rings is 1. The lowest BCUT2D eigenvalue weighted by Crippen LogP contribution is -2.62. The molecule has 2 aromatic rings. The third-order valence-corrected chi connectivity index (χ3v) is 10.5. The number of aromatic amines is 1. The first kappa shape index (κ1) is 48.5. The van der Waals surface area contributed by atoms with Crippen molar-refractivity contribution in [3.05, 3.63) is 54.1 Å². The zero-order chi connectivity index (χ0) is 43.7. The molecule has 0 unspecified atom stereocenters. The predicted octanol–water partition coefficient (Wildman–Crippen LogP) is -2.05. The van der Waals surface area contributed by atoms with Gasteiger partial charge in [0.25, 0.3) is 0 Å². The van der Waals surface area contributed by atoms with Gasteiger partial charge in [0, 0.05) is 37.2 Å². The number of phosphoric ester groups is 1. The number of rotatable bonds is 14. The van der Waals surface area contributed by atoms with Crippen molar-refractivity contribution in [2.75, 3.05) is 44.3 Å². The molecule has 10 N–H and O–H groups in total. The Labute approximate surface area is 345 Å². The van der Waals surface area contributed by atoms with Crippen LogP contribution in [0.1, 0.15) is 44.9 Å². The summed E-state index contributed by atoms with van der Waals surface area (Å²) in [6.45, 7) is 3.05. The quantitative estimate of drug-likeness (QED) is 0.0730. The van der Waals surface area contributed by atoms with Gasteiger partial charge in [-0.2, -0.15) is 0 Å². The molecule has 21 nitrogen and oxygen atoms in total. The fourth-order valence-electron chi connectivity index (χ4n) is 5.97. The highest BCUT2D eigenvalue weighted by Gasteiger charge is 2.37. The molecule has 5 atom stereocenters. The van der Waals surface area contributed by atoms with Crippen LogP contribution in [0.15, 0.2) is 42.9 Å². The number of primary amides is 1. The number of phosphoric acid groups is 1. The van der Waals surface area contributed by atoms with Crippen molar-refractivity contribution in [2.45, 2.75) is 76.7 Å². The van der Waals surface area contributed by atoms with Crippen molar-refractivity contribution >= 4 is 60.9 Å². The Balaban J connectivity index is 2.00. The summed E-state index contributed by atoms with van der Waals surface area (Å²) in [5, 5.41) is 19.5. The molecule has 1 aliphatic heterocycles. The number of aliphatic hydroxyl groups is 1. The number of aromatic nitrogens is 2. The number of thioether (sulfide) groups is 1. The fraction of sp³-hybridized carbons (Fsp3) is 0.556. The maximum Gasteiger partial charge on any atom is 0.469 e. The summed E-state index contributed by atoms with van der Waals surface area (Å²) in [5.74, 6) is -6.89. The summed E-state index contributed by atoms with van der Waals surface area (Å²) in [7, 11) is -5.27. The van der Waals surface area contributed by atoms with Crippen LogP contribution in [0.5, 0.6) is 0 Å². The molecule has 7 amide bonds. The van der Waals surface area contributed by atoms with Crippen molar-refractivity contribution in [1.29, 1.82) is 0 Å². The topological polar surface area (TPSA) is 316 Å². The third-order valence-electron chi connectivity index (χ3n) is 8.91. The van der Waals surface area contributed by atoms with Gasteiger partial charge in [0.15, 0.2) is 0 Å². The average molecular weight is 868 g/mol. The number of carbonyl (C=O) groups is 7. The van der Waals surface area contributed by atoms with E-state index in [0.29, 0.717) is 18.5 Å². The maximum absolute atomic E-state index is 13.9. The van der Waals surface area contributed by atoms with Gasteiger partial charge in [-0.25, -0.2) is 9.55 Å². The van der Waals surface area contributed by atoms with Gasteiger partial charge in [0.1, 0.15) is 24.2 Å². The summed E-state index contributed by atoms with van der Waals surface area (Å²) in [6.07, 6.45) is 2.69. The van der Waals surface area contributed by atoms with Gasteiger partial charge in [0.05, 0.1) is 37.9 Å². The second kappa shape index (κ2) is 23.7. The summed E-state index contributed by atoms with van der Waals surface area (Å²) < 4.78 is 16.4. The molecular weight excluding hydrogens is 813 g/mol. The van der Waals surface area contributed by atoms with Crippen LogP contribution < -0.4 is 27.0 Å². The van der Waals surface area contributed by atoms with Crippen molar-refractivity contribution in [3.8, 4) is 0 Å². The number of nitrogens with one attached hydrogen (secondary N) is 5. The van der Waals surface area contributed by atoms with Crippen LogP contribution in [0, 0.1) is 5.92 Å². The number of hydrogen-bond acceptors (Lipinski definition) is 12. The number of H-pyrrole nitrogens is 1. The van der Waals surface area contributed by atoms with Crippen LogP contribution in [-0.2, 0) is 55.5 Å². The summed E-state index contributed by atoms with van der Waals surface area (Å²) >= 11 is 0.904. The number of amides is 7. The van der Waals surface area contributed by atoms with Gasteiger partial charge in [0.2, 0.25) is 41.4 Å². The SMILES string of the molecule is CC(C)CN1CC(=O)N[C@@H](Cc2cnc[nH]2)C(=O)N[C@@H](CO)C(=O)N[C@@H]([C@@H](C)OP(=O)(O)O)C(=O)N[C@@H](C(N)=O)CSCC(=O)N(CCCCc2ccccc2)CC1=O. The van der Waals surface area contributed by atoms with Gasteiger partial charge >= 0.3 is 7.82 Å². The van der Waals surface area contributed by atoms with E-state index in [9.17, 15) is 53.0 Å². The molecule has 0 bridgehead atoms. The van der Waals surface area contributed by atoms with E-state index in [4.69, 9.17) is 5.73 Å². The lowest BCUT2D eigenvalue weighted by atomic mass is 10.1. The van der Waals surface area contributed by atoms with Crippen molar-refractivity contribution in [2.24, 2.45) is 11.7 Å². The molecule has 1 saturated heterocycles. The highest BCUT2D eigenvalue weighted by Crippen LogP contribution is 2.38. The molecule has 0 spiro atoms. The van der Waals surface area contributed by atoms with Crippen LogP contribution in [0.4, 0.5) is 0 Å². The Morgan fingerprint density at radius 2 is 1.63 bits per heavy atom. The zero-order valence-electron chi connectivity index (χ0n) is 33.1. The first-order chi connectivity index (χ1) is 27.9. The molecule has 23 heteroatoms. The van der Waals surface area contributed by atoms with Crippen LogP contribution in [-0.4, -0.2) is 151 Å². The molecule has 3 rings (SSSR count). The number of unbranched alkanes of at least 4 members (excludes halogenated alkanes) is 1. The van der Waals surface area contributed by atoms with Gasteiger partial charge in [-0.1, -0.05) is 44.2 Å². The Kier molecular flexibility index (Phi) is 19.5. The monoisotopic (exact) mass is 867 g/mol. The van der Waals surface area contributed by atoms with Crippen molar-refractivity contribution in [1.82, 2.24) is 41.0 Å². The standard InChI is InChI=1S/C36H54N9O12PS/c1-22(2)15-45-16-29(47)40-26(13-25-14-38-21-39-25)34(51)41-27(18-46)35(52)43-32(23(3)57-58(54,55)56)36(53)42-28(33(37)50)19-59-20-31(49)44(17-30(45)48)12-8-7-11-24-9-5-4-6-10-24/h4-6,9-10,14,21-23,26-28,32,46H,7-8,11-13,15-20H2,1-3H3,(H2,37,50)(H,38,39)(H,40,47)(H,41,51)(H,42,53)(H,43,52)(H2,54,55,56)/t23-,26+,27+,28-,32+/m1/s1. The molecule has 2 heterocycles. The van der Waals surface area contributed by atoms with Gasteiger partial charge in [-0.3, -0.25) is 38.1 Å². The van der Waals surface area contributed by atoms with E-state index in [1.807, 2.05) is 44.2 Å². The molecular formula is C36H54N9O12PS. The maximum atomic E-state index is 13.9. The van der Waals surface area contributed by atoms with E-state index in [0.717, 1.165) is 30.7 Å². The number of aliphatic hydroxyl groups excluding tert-OH is 1. The molecule has 1 aliphatic rings. The second-order valence-corrected chi connectivity index (χ2v) is 16.6.